The Bertz CT molecular complexity index is 856. The number of benzene rings is 2. The summed E-state index contributed by atoms with van der Waals surface area (Å²) in [7, 11) is 1.67. The summed E-state index contributed by atoms with van der Waals surface area (Å²) < 4.78 is 10.8. The average molecular weight is 467 g/mol. The largest absolute Gasteiger partial charge is 0.379 e. The van der Waals surface area contributed by atoms with Crippen molar-refractivity contribution in [2.75, 3.05) is 46.5 Å². The fourth-order valence-electron chi connectivity index (χ4n) is 4.10. The van der Waals surface area contributed by atoms with E-state index < -0.39 is 0 Å². The van der Waals surface area contributed by atoms with Crippen molar-refractivity contribution in [2.24, 2.45) is 0 Å². The van der Waals surface area contributed by atoms with Gasteiger partial charge in [-0.2, -0.15) is 0 Å². The number of amides is 1. The van der Waals surface area contributed by atoms with Gasteiger partial charge < -0.3 is 14.8 Å². The summed E-state index contributed by atoms with van der Waals surface area (Å²) in [5, 5.41) is 2.96. The molecule has 186 valence electrons. The van der Waals surface area contributed by atoms with Crippen molar-refractivity contribution >= 4 is 5.91 Å². The minimum absolute atomic E-state index is 0.113. The van der Waals surface area contributed by atoms with Gasteiger partial charge in [-0.3, -0.25) is 9.69 Å². The molecule has 0 radical (unpaired) electrons. The van der Waals surface area contributed by atoms with Crippen LogP contribution < -0.4 is 5.32 Å². The SMILES string of the molecule is COC(C)(C)CNC(=O)CCCCCc1ccc(-c2ccc(CCN3CCOCC3)cc2)cc1. The van der Waals surface area contributed by atoms with Crippen molar-refractivity contribution in [3.8, 4) is 11.1 Å². The number of nitrogens with one attached hydrogen (secondary N) is 1. The molecule has 1 aliphatic heterocycles. The van der Waals surface area contributed by atoms with Crippen molar-refractivity contribution in [3.05, 3.63) is 59.7 Å². The molecule has 34 heavy (non-hydrogen) atoms. The molecule has 1 amide bonds. The predicted molar refractivity (Wildman–Crippen MR) is 139 cm³/mol. The first kappa shape index (κ1) is 26.4. The molecule has 1 aliphatic rings. The summed E-state index contributed by atoms with van der Waals surface area (Å²) in [6.07, 6.45) is 5.82. The second-order valence-electron chi connectivity index (χ2n) is 9.90. The lowest BCUT2D eigenvalue weighted by atomic mass is 9.99. The Balaban J connectivity index is 1.34. The summed E-state index contributed by atoms with van der Waals surface area (Å²) >= 11 is 0. The molecule has 0 aromatic heterocycles. The molecule has 0 bridgehead atoms. The van der Waals surface area contributed by atoms with Crippen LogP contribution in [-0.4, -0.2) is 62.9 Å². The van der Waals surface area contributed by atoms with Crippen LogP contribution >= 0.6 is 0 Å². The van der Waals surface area contributed by atoms with E-state index in [0.29, 0.717) is 13.0 Å². The van der Waals surface area contributed by atoms with Gasteiger partial charge in [0.25, 0.3) is 0 Å². The van der Waals surface area contributed by atoms with Crippen molar-refractivity contribution < 1.29 is 14.3 Å². The van der Waals surface area contributed by atoms with Gasteiger partial charge in [0.2, 0.25) is 5.91 Å². The predicted octanol–water partition coefficient (Wildman–Crippen LogP) is 4.87. The molecule has 2 aromatic rings. The Morgan fingerprint density at radius 1 is 0.912 bits per heavy atom. The number of unbranched alkanes of at least 4 members (excludes halogenated alkanes) is 2. The molecular weight excluding hydrogens is 424 g/mol. The monoisotopic (exact) mass is 466 g/mol. The van der Waals surface area contributed by atoms with Crippen LogP contribution in [0.25, 0.3) is 11.1 Å². The van der Waals surface area contributed by atoms with Gasteiger partial charge in [0.1, 0.15) is 0 Å². The lowest BCUT2D eigenvalue weighted by Crippen LogP contribution is -2.39. The quantitative estimate of drug-likeness (QED) is 0.428. The molecule has 1 heterocycles. The van der Waals surface area contributed by atoms with E-state index in [9.17, 15) is 4.79 Å². The van der Waals surface area contributed by atoms with Crippen LogP contribution in [0.3, 0.4) is 0 Å². The van der Waals surface area contributed by atoms with Gasteiger partial charge >= 0.3 is 0 Å². The first-order valence-electron chi connectivity index (χ1n) is 12.8. The lowest BCUT2D eigenvalue weighted by molar-refractivity contribution is -0.122. The van der Waals surface area contributed by atoms with Crippen LogP contribution in [0, 0.1) is 0 Å². The zero-order valence-corrected chi connectivity index (χ0v) is 21.3. The maximum Gasteiger partial charge on any atom is 0.220 e. The van der Waals surface area contributed by atoms with E-state index in [-0.39, 0.29) is 11.5 Å². The first-order valence-corrected chi connectivity index (χ1v) is 12.8. The number of carbonyl (C=O) groups is 1. The van der Waals surface area contributed by atoms with Crippen LogP contribution in [0.2, 0.25) is 0 Å². The number of morpholine rings is 1. The number of carbonyl (C=O) groups excluding carboxylic acids is 1. The minimum Gasteiger partial charge on any atom is -0.379 e. The van der Waals surface area contributed by atoms with E-state index in [2.05, 4.69) is 58.7 Å². The molecular formula is C29H42N2O3. The summed E-state index contributed by atoms with van der Waals surface area (Å²) in [6.45, 7) is 9.42. The van der Waals surface area contributed by atoms with Gasteiger partial charge in [-0.05, 0) is 61.8 Å². The van der Waals surface area contributed by atoms with E-state index in [0.717, 1.165) is 65.0 Å². The van der Waals surface area contributed by atoms with E-state index in [1.165, 1.54) is 22.3 Å². The molecule has 5 nitrogen and oxygen atoms in total. The van der Waals surface area contributed by atoms with Gasteiger partial charge in [-0.15, -0.1) is 0 Å². The highest BCUT2D eigenvalue weighted by atomic mass is 16.5. The highest BCUT2D eigenvalue weighted by molar-refractivity contribution is 5.75. The van der Waals surface area contributed by atoms with Gasteiger partial charge in [0.05, 0.1) is 18.8 Å². The van der Waals surface area contributed by atoms with Crippen LogP contribution in [0.15, 0.2) is 48.5 Å². The van der Waals surface area contributed by atoms with E-state index in [1.54, 1.807) is 7.11 Å². The maximum absolute atomic E-state index is 12.0. The number of nitrogens with zero attached hydrogens (tertiary/aromatic N) is 1. The van der Waals surface area contributed by atoms with Crippen LogP contribution in [0.4, 0.5) is 0 Å². The summed E-state index contributed by atoms with van der Waals surface area (Å²) in [5.74, 6) is 0.113. The molecule has 0 aliphatic carbocycles. The van der Waals surface area contributed by atoms with Gasteiger partial charge in [0.15, 0.2) is 0 Å². The zero-order valence-electron chi connectivity index (χ0n) is 21.3. The van der Waals surface area contributed by atoms with E-state index in [1.807, 2.05) is 13.8 Å². The molecule has 0 spiro atoms. The number of hydrogen-bond acceptors (Lipinski definition) is 4. The molecule has 5 heteroatoms. The van der Waals surface area contributed by atoms with Gasteiger partial charge in [-0.25, -0.2) is 0 Å². The number of ether oxygens (including phenoxy) is 2. The molecule has 1 fully saturated rings. The number of aryl methyl sites for hydroxylation is 1. The van der Waals surface area contributed by atoms with Crippen LogP contribution in [0.5, 0.6) is 0 Å². The third-order valence-electron chi connectivity index (χ3n) is 6.69. The van der Waals surface area contributed by atoms with Crippen molar-refractivity contribution in [2.45, 2.75) is 58.0 Å². The number of hydrogen-bond donors (Lipinski definition) is 1. The standard InChI is InChI=1S/C29H42N2O3/c1-29(2,33-3)23-30-28(32)8-6-4-5-7-24-9-13-26(14-10-24)27-15-11-25(12-16-27)17-18-31-19-21-34-22-20-31/h9-16H,4-8,17-23H2,1-3H3,(H,30,32). The molecule has 1 N–H and O–H groups in total. The highest BCUT2D eigenvalue weighted by Gasteiger charge is 2.17. The molecule has 0 atom stereocenters. The van der Waals surface area contributed by atoms with Crippen molar-refractivity contribution in [1.82, 2.24) is 10.2 Å². The number of rotatable bonds is 13. The lowest BCUT2D eigenvalue weighted by Gasteiger charge is -2.26. The maximum atomic E-state index is 12.0. The summed E-state index contributed by atoms with van der Waals surface area (Å²) in [4.78, 5) is 14.4. The minimum atomic E-state index is -0.313. The van der Waals surface area contributed by atoms with Gasteiger partial charge in [0, 0.05) is 39.7 Å². The molecule has 0 saturated carbocycles. The van der Waals surface area contributed by atoms with E-state index in [4.69, 9.17) is 9.47 Å². The Labute approximate surface area is 205 Å². The number of methoxy groups -OCH3 is 1. The zero-order chi connectivity index (χ0) is 24.2. The molecule has 0 unspecified atom stereocenters. The third kappa shape index (κ3) is 9.21. The van der Waals surface area contributed by atoms with Crippen molar-refractivity contribution in [1.29, 1.82) is 0 Å². The highest BCUT2D eigenvalue weighted by Crippen LogP contribution is 2.21. The second-order valence-corrected chi connectivity index (χ2v) is 9.90. The fourth-order valence-corrected chi connectivity index (χ4v) is 4.10. The summed E-state index contributed by atoms with van der Waals surface area (Å²) in [6, 6.07) is 17.9. The Hall–Kier alpha value is -2.21. The Morgan fingerprint density at radius 3 is 2.09 bits per heavy atom. The topological polar surface area (TPSA) is 50.8 Å². The van der Waals surface area contributed by atoms with E-state index >= 15 is 0 Å². The normalized spacial score (nSPS) is 14.8. The first-order chi connectivity index (χ1) is 16.4. The van der Waals surface area contributed by atoms with Crippen LogP contribution in [0.1, 0.15) is 50.7 Å². The third-order valence-corrected chi connectivity index (χ3v) is 6.69. The smallest absolute Gasteiger partial charge is 0.220 e. The Morgan fingerprint density at radius 2 is 1.50 bits per heavy atom. The molecule has 1 saturated heterocycles. The molecule has 3 rings (SSSR count). The van der Waals surface area contributed by atoms with Gasteiger partial charge in [-0.1, -0.05) is 55.0 Å². The Kier molecular flexibility index (Phi) is 10.6. The second kappa shape index (κ2) is 13.6. The molecule has 2 aromatic carbocycles. The summed E-state index contributed by atoms with van der Waals surface area (Å²) in [5.41, 5.74) is 4.97. The average Bonchev–Trinajstić information content (AvgIpc) is 2.87. The fraction of sp³-hybridized carbons (Fsp3) is 0.552. The van der Waals surface area contributed by atoms with Crippen LogP contribution in [-0.2, 0) is 27.1 Å². The van der Waals surface area contributed by atoms with Crippen molar-refractivity contribution in [3.63, 3.8) is 0 Å².